The molecule has 1 saturated carbocycles. The second-order valence-corrected chi connectivity index (χ2v) is 4.90. The summed E-state index contributed by atoms with van der Waals surface area (Å²) in [6.45, 7) is 0.249. The Morgan fingerprint density at radius 1 is 1.22 bits per heavy atom. The molecule has 0 amide bonds. The van der Waals surface area contributed by atoms with Crippen LogP contribution in [-0.2, 0) is 11.2 Å². The predicted molar refractivity (Wildman–Crippen MR) is 69.9 cm³/mol. The number of carbonyl (C=O) groups is 1. The van der Waals surface area contributed by atoms with Crippen LogP contribution < -0.4 is 0 Å². The molecular formula is C15H20O3. The van der Waals surface area contributed by atoms with Crippen LogP contribution in [0, 0.1) is 0 Å². The molecule has 0 heterocycles. The Morgan fingerprint density at radius 3 is 2.67 bits per heavy atom. The van der Waals surface area contributed by atoms with Gasteiger partial charge in [-0.2, -0.15) is 0 Å². The first-order valence-corrected chi connectivity index (χ1v) is 6.71. The van der Waals surface area contributed by atoms with Gasteiger partial charge in [-0.3, -0.25) is 0 Å². The first-order valence-electron chi connectivity index (χ1n) is 6.71. The third-order valence-corrected chi connectivity index (χ3v) is 3.70. The van der Waals surface area contributed by atoms with Crippen molar-refractivity contribution in [2.45, 2.75) is 44.4 Å². The Balaban J connectivity index is 2.02. The van der Waals surface area contributed by atoms with Gasteiger partial charge < -0.3 is 9.84 Å². The standard InChI is InChI=1S/C15H20O3/c16-15(17)18-11-10-13-8-4-5-9-14(13)12-6-2-1-3-7-12/h4-5,8-9,12H,1-3,6-7,10-11H2,(H,16,17). The van der Waals surface area contributed by atoms with Gasteiger partial charge in [-0.25, -0.2) is 4.79 Å². The maximum absolute atomic E-state index is 10.4. The van der Waals surface area contributed by atoms with Gasteiger partial charge in [-0.05, 0) is 29.9 Å². The number of hydrogen-bond acceptors (Lipinski definition) is 2. The SMILES string of the molecule is O=C(O)OCCc1ccccc1C1CCCCC1. The van der Waals surface area contributed by atoms with E-state index in [2.05, 4.69) is 22.9 Å². The monoisotopic (exact) mass is 248 g/mol. The van der Waals surface area contributed by atoms with E-state index >= 15 is 0 Å². The zero-order chi connectivity index (χ0) is 12.8. The van der Waals surface area contributed by atoms with Crippen molar-refractivity contribution in [3.05, 3.63) is 35.4 Å². The van der Waals surface area contributed by atoms with Crippen LogP contribution in [0.25, 0.3) is 0 Å². The molecule has 98 valence electrons. The smallest absolute Gasteiger partial charge is 0.450 e. The third-order valence-electron chi connectivity index (χ3n) is 3.70. The molecule has 0 radical (unpaired) electrons. The minimum atomic E-state index is -1.19. The summed E-state index contributed by atoms with van der Waals surface area (Å²) < 4.78 is 4.60. The average molecular weight is 248 g/mol. The molecule has 0 spiro atoms. The molecule has 3 heteroatoms. The van der Waals surface area contributed by atoms with Crippen LogP contribution in [-0.4, -0.2) is 17.9 Å². The van der Waals surface area contributed by atoms with E-state index in [1.807, 2.05) is 6.07 Å². The van der Waals surface area contributed by atoms with Gasteiger partial charge in [0.1, 0.15) is 0 Å². The molecule has 1 aliphatic carbocycles. The Bertz CT molecular complexity index is 394. The Morgan fingerprint density at radius 2 is 1.94 bits per heavy atom. The van der Waals surface area contributed by atoms with Crippen LogP contribution >= 0.6 is 0 Å². The summed E-state index contributed by atoms with van der Waals surface area (Å²) in [5.41, 5.74) is 2.64. The molecule has 1 aliphatic rings. The van der Waals surface area contributed by atoms with Gasteiger partial charge in [-0.15, -0.1) is 0 Å². The molecule has 0 unspecified atom stereocenters. The number of benzene rings is 1. The lowest BCUT2D eigenvalue weighted by Crippen LogP contribution is -2.10. The average Bonchev–Trinajstić information content (AvgIpc) is 2.40. The van der Waals surface area contributed by atoms with Crippen LogP contribution in [0.4, 0.5) is 4.79 Å². The molecule has 0 saturated heterocycles. The predicted octanol–water partition coefficient (Wildman–Crippen LogP) is 3.97. The first kappa shape index (κ1) is 12.9. The van der Waals surface area contributed by atoms with Crippen molar-refractivity contribution in [1.82, 2.24) is 0 Å². The summed E-state index contributed by atoms with van der Waals surface area (Å²) in [5, 5.41) is 8.49. The third kappa shape index (κ3) is 3.49. The molecule has 3 nitrogen and oxygen atoms in total. The quantitative estimate of drug-likeness (QED) is 0.820. The zero-order valence-electron chi connectivity index (χ0n) is 10.6. The molecule has 0 atom stereocenters. The van der Waals surface area contributed by atoms with E-state index in [-0.39, 0.29) is 6.61 Å². The molecule has 2 rings (SSSR count). The largest absolute Gasteiger partial charge is 0.505 e. The molecule has 1 N–H and O–H groups in total. The molecule has 1 aromatic rings. The molecule has 0 aliphatic heterocycles. The second kappa shape index (κ2) is 6.43. The number of rotatable bonds is 4. The van der Waals surface area contributed by atoms with Crippen LogP contribution in [0.1, 0.15) is 49.1 Å². The summed E-state index contributed by atoms with van der Waals surface area (Å²) in [4.78, 5) is 10.4. The van der Waals surface area contributed by atoms with Gasteiger partial charge in [0, 0.05) is 6.42 Å². The van der Waals surface area contributed by atoms with Crippen molar-refractivity contribution in [1.29, 1.82) is 0 Å². The highest BCUT2D eigenvalue weighted by molar-refractivity contribution is 5.56. The fourth-order valence-corrected chi connectivity index (χ4v) is 2.82. The van der Waals surface area contributed by atoms with Gasteiger partial charge in [0.15, 0.2) is 0 Å². The highest BCUT2D eigenvalue weighted by atomic mass is 16.7. The van der Waals surface area contributed by atoms with Crippen LogP contribution in [0.5, 0.6) is 0 Å². The van der Waals surface area contributed by atoms with Crippen molar-refractivity contribution in [3.63, 3.8) is 0 Å². The minimum absolute atomic E-state index is 0.249. The van der Waals surface area contributed by atoms with Gasteiger partial charge in [0.25, 0.3) is 0 Å². The van der Waals surface area contributed by atoms with Crippen molar-refractivity contribution in [2.75, 3.05) is 6.61 Å². The number of hydrogen-bond donors (Lipinski definition) is 1. The summed E-state index contributed by atoms with van der Waals surface area (Å²) in [7, 11) is 0. The Hall–Kier alpha value is -1.51. The molecule has 18 heavy (non-hydrogen) atoms. The molecule has 0 aromatic heterocycles. The lowest BCUT2D eigenvalue weighted by molar-refractivity contribution is 0.0926. The van der Waals surface area contributed by atoms with Crippen LogP contribution in [0.2, 0.25) is 0 Å². The number of ether oxygens (including phenoxy) is 1. The van der Waals surface area contributed by atoms with Gasteiger partial charge in [0.2, 0.25) is 0 Å². The van der Waals surface area contributed by atoms with E-state index in [1.54, 1.807) is 0 Å². The maximum Gasteiger partial charge on any atom is 0.505 e. The molecule has 1 fully saturated rings. The van der Waals surface area contributed by atoms with Crippen LogP contribution in [0.15, 0.2) is 24.3 Å². The minimum Gasteiger partial charge on any atom is -0.450 e. The zero-order valence-corrected chi connectivity index (χ0v) is 10.6. The summed E-state index contributed by atoms with van der Waals surface area (Å²) in [6, 6.07) is 8.37. The Kier molecular flexibility index (Phi) is 4.62. The molecule has 0 bridgehead atoms. The lowest BCUT2D eigenvalue weighted by atomic mass is 9.81. The van der Waals surface area contributed by atoms with Crippen molar-refractivity contribution in [2.24, 2.45) is 0 Å². The normalized spacial score (nSPS) is 16.4. The van der Waals surface area contributed by atoms with Crippen molar-refractivity contribution in [3.8, 4) is 0 Å². The van der Waals surface area contributed by atoms with Crippen molar-refractivity contribution < 1.29 is 14.6 Å². The summed E-state index contributed by atoms with van der Waals surface area (Å²) in [6.07, 6.45) is 5.98. The fraction of sp³-hybridized carbons (Fsp3) is 0.533. The second-order valence-electron chi connectivity index (χ2n) is 4.90. The summed E-state index contributed by atoms with van der Waals surface area (Å²) in [5.74, 6) is 0.653. The molecule has 1 aromatic carbocycles. The highest BCUT2D eigenvalue weighted by Crippen LogP contribution is 2.34. The Labute approximate surface area is 108 Å². The van der Waals surface area contributed by atoms with E-state index in [9.17, 15) is 4.79 Å². The lowest BCUT2D eigenvalue weighted by Gasteiger charge is -2.24. The van der Waals surface area contributed by atoms with Gasteiger partial charge in [0.05, 0.1) is 6.61 Å². The van der Waals surface area contributed by atoms with E-state index < -0.39 is 6.16 Å². The first-order chi connectivity index (χ1) is 8.77. The maximum atomic E-state index is 10.4. The van der Waals surface area contributed by atoms with Crippen molar-refractivity contribution >= 4 is 6.16 Å². The van der Waals surface area contributed by atoms with E-state index in [4.69, 9.17) is 5.11 Å². The van der Waals surface area contributed by atoms with Crippen LogP contribution in [0.3, 0.4) is 0 Å². The highest BCUT2D eigenvalue weighted by Gasteiger charge is 2.17. The fourth-order valence-electron chi connectivity index (χ4n) is 2.82. The number of carboxylic acid groups (broad SMARTS) is 1. The van der Waals surface area contributed by atoms with E-state index in [0.717, 1.165) is 0 Å². The topological polar surface area (TPSA) is 46.5 Å². The summed E-state index contributed by atoms with van der Waals surface area (Å²) >= 11 is 0. The van der Waals surface area contributed by atoms with Gasteiger partial charge in [-0.1, -0.05) is 43.5 Å². The molecular weight excluding hydrogens is 228 g/mol. The van der Waals surface area contributed by atoms with Gasteiger partial charge >= 0.3 is 6.16 Å². The van der Waals surface area contributed by atoms with E-state index in [1.165, 1.54) is 43.2 Å². The van der Waals surface area contributed by atoms with E-state index in [0.29, 0.717) is 12.3 Å².